The first-order chi connectivity index (χ1) is 9.01. The Morgan fingerprint density at radius 1 is 1.58 bits per heavy atom. The first kappa shape index (κ1) is 14.8. The van der Waals surface area contributed by atoms with Crippen molar-refractivity contribution in [2.24, 2.45) is 0 Å². The van der Waals surface area contributed by atoms with Crippen LogP contribution in [-0.4, -0.2) is 28.8 Å². The average molecular weight is 266 g/mol. The maximum absolute atomic E-state index is 13.5. The quantitative estimate of drug-likeness (QED) is 0.452. The molecule has 0 heterocycles. The highest BCUT2D eigenvalue weighted by molar-refractivity contribution is 5.94. The van der Waals surface area contributed by atoms with Gasteiger partial charge in [0, 0.05) is 24.7 Å². The Balaban J connectivity index is 3.01. The van der Waals surface area contributed by atoms with Gasteiger partial charge in [0.25, 0.3) is 5.91 Å². The highest BCUT2D eigenvalue weighted by Crippen LogP contribution is 2.19. The van der Waals surface area contributed by atoms with Gasteiger partial charge in [-0.05, 0) is 18.6 Å². The van der Waals surface area contributed by atoms with E-state index in [0.717, 1.165) is 18.6 Å². The van der Waals surface area contributed by atoms with Gasteiger partial charge in [0.05, 0.1) is 4.92 Å². The molecule has 0 aliphatic carbocycles. The average Bonchev–Trinajstić information content (AvgIpc) is 2.37. The van der Waals surface area contributed by atoms with Crippen LogP contribution >= 0.6 is 0 Å². The molecule has 0 saturated heterocycles. The van der Waals surface area contributed by atoms with Gasteiger partial charge in [0.15, 0.2) is 0 Å². The SMILES string of the molecule is C=CCN(CCC)C(=O)c1ccc([N+](=O)[O-])c(F)c1. The van der Waals surface area contributed by atoms with Crippen LogP contribution in [0.4, 0.5) is 10.1 Å². The largest absolute Gasteiger partial charge is 0.335 e. The van der Waals surface area contributed by atoms with E-state index in [-0.39, 0.29) is 11.5 Å². The third kappa shape index (κ3) is 3.61. The predicted molar refractivity (Wildman–Crippen MR) is 69.4 cm³/mol. The van der Waals surface area contributed by atoms with Crippen molar-refractivity contribution < 1.29 is 14.1 Å². The fourth-order valence-corrected chi connectivity index (χ4v) is 1.67. The van der Waals surface area contributed by atoms with Crippen LogP contribution in [0.15, 0.2) is 30.9 Å². The summed E-state index contributed by atoms with van der Waals surface area (Å²) in [5.74, 6) is -1.37. The lowest BCUT2D eigenvalue weighted by atomic mass is 10.1. The minimum Gasteiger partial charge on any atom is -0.335 e. The molecule has 1 aromatic carbocycles. The number of carbonyl (C=O) groups excluding carboxylic acids is 1. The summed E-state index contributed by atoms with van der Waals surface area (Å²) in [5, 5.41) is 10.5. The van der Waals surface area contributed by atoms with E-state index in [2.05, 4.69) is 6.58 Å². The molecular formula is C13H15FN2O3. The van der Waals surface area contributed by atoms with E-state index in [9.17, 15) is 19.3 Å². The van der Waals surface area contributed by atoms with E-state index < -0.39 is 16.4 Å². The zero-order chi connectivity index (χ0) is 14.4. The molecule has 0 aromatic heterocycles. The van der Waals surface area contributed by atoms with Crippen molar-refractivity contribution in [2.75, 3.05) is 13.1 Å². The summed E-state index contributed by atoms with van der Waals surface area (Å²) in [6.45, 7) is 6.34. The van der Waals surface area contributed by atoms with Crippen LogP contribution in [0.3, 0.4) is 0 Å². The number of rotatable bonds is 6. The van der Waals surface area contributed by atoms with E-state index in [4.69, 9.17) is 0 Å². The molecule has 5 nitrogen and oxygen atoms in total. The standard InChI is InChI=1S/C13H15FN2O3/c1-3-7-15(8-4-2)13(17)10-5-6-12(16(18)19)11(14)9-10/h3,5-6,9H,1,4,7-8H2,2H3. The molecule has 1 aromatic rings. The van der Waals surface area contributed by atoms with Crippen LogP contribution in [0, 0.1) is 15.9 Å². The third-order valence-electron chi connectivity index (χ3n) is 2.52. The fourth-order valence-electron chi connectivity index (χ4n) is 1.67. The molecule has 1 amide bonds. The van der Waals surface area contributed by atoms with Crippen molar-refractivity contribution in [1.29, 1.82) is 0 Å². The van der Waals surface area contributed by atoms with Gasteiger partial charge in [-0.2, -0.15) is 4.39 Å². The van der Waals surface area contributed by atoms with Gasteiger partial charge in [-0.3, -0.25) is 14.9 Å². The molecule has 0 unspecified atom stereocenters. The second-order valence-electron chi connectivity index (χ2n) is 3.96. The molecule has 19 heavy (non-hydrogen) atoms. The molecule has 0 radical (unpaired) electrons. The van der Waals surface area contributed by atoms with Crippen molar-refractivity contribution in [2.45, 2.75) is 13.3 Å². The number of nitro groups is 1. The minimum absolute atomic E-state index is 0.0957. The molecule has 0 fully saturated rings. The highest BCUT2D eigenvalue weighted by Gasteiger charge is 2.19. The van der Waals surface area contributed by atoms with Gasteiger partial charge in [0.1, 0.15) is 0 Å². The van der Waals surface area contributed by atoms with Gasteiger partial charge in [0.2, 0.25) is 5.82 Å². The maximum Gasteiger partial charge on any atom is 0.304 e. The molecule has 0 saturated carbocycles. The van der Waals surface area contributed by atoms with Gasteiger partial charge >= 0.3 is 5.69 Å². The fraction of sp³-hybridized carbons (Fsp3) is 0.308. The third-order valence-corrected chi connectivity index (χ3v) is 2.52. The zero-order valence-corrected chi connectivity index (χ0v) is 10.6. The molecule has 0 aliphatic rings. The zero-order valence-electron chi connectivity index (χ0n) is 10.6. The smallest absolute Gasteiger partial charge is 0.304 e. The van der Waals surface area contributed by atoms with Gasteiger partial charge in [-0.15, -0.1) is 6.58 Å². The summed E-state index contributed by atoms with van der Waals surface area (Å²) in [7, 11) is 0. The van der Waals surface area contributed by atoms with Crippen molar-refractivity contribution in [3.05, 3.63) is 52.3 Å². The summed E-state index contributed by atoms with van der Waals surface area (Å²) in [6.07, 6.45) is 2.34. The van der Waals surface area contributed by atoms with Crippen LogP contribution in [0.2, 0.25) is 0 Å². The lowest BCUT2D eigenvalue weighted by molar-refractivity contribution is -0.387. The molecule has 0 spiro atoms. The summed E-state index contributed by atoms with van der Waals surface area (Å²) < 4.78 is 13.5. The second-order valence-corrected chi connectivity index (χ2v) is 3.96. The molecule has 0 bridgehead atoms. The predicted octanol–water partition coefficient (Wildman–Crippen LogP) is 2.77. The monoisotopic (exact) mass is 266 g/mol. The van der Waals surface area contributed by atoms with Crippen molar-refractivity contribution >= 4 is 11.6 Å². The number of nitrogens with zero attached hydrogens (tertiary/aromatic N) is 2. The number of hydrogen-bond donors (Lipinski definition) is 0. The molecular weight excluding hydrogens is 251 g/mol. The molecule has 0 aliphatic heterocycles. The van der Waals surface area contributed by atoms with E-state index in [1.54, 1.807) is 6.08 Å². The normalized spacial score (nSPS) is 10.0. The van der Waals surface area contributed by atoms with Crippen LogP contribution in [0.25, 0.3) is 0 Å². The second kappa shape index (κ2) is 6.63. The van der Waals surface area contributed by atoms with E-state index in [1.807, 2.05) is 6.92 Å². The Labute approximate surface area is 110 Å². The molecule has 102 valence electrons. The van der Waals surface area contributed by atoms with Gasteiger partial charge < -0.3 is 4.90 Å². The Bertz CT molecular complexity index is 503. The summed E-state index contributed by atoms with van der Waals surface area (Å²) in [6, 6.07) is 3.15. The minimum atomic E-state index is -1.01. The molecule has 0 atom stereocenters. The number of hydrogen-bond acceptors (Lipinski definition) is 3. The molecule has 6 heteroatoms. The van der Waals surface area contributed by atoms with E-state index >= 15 is 0 Å². The Morgan fingerprint density at radius 2 is 2.26 bits per heavy atom. The lowest BCUT2D eigenvalue weighted by Crippen LogP contribution is -2.31. The Hall–Kier alpha value is -2.24. The Kier molecular flexibility index (Phi) is 5.17. The molecule has 1 rings (SSSR count). The maximum atomic E-state index is 13.5. The number of amides is 1. The van der Waals surface area contributed by atoms with Crippen LogP contribution in [0.1, 0.15) is 23.7 Å². The highest BCUT2D eigenvalue weighted by atomic mass is 19.1. The van der Waals surface area contributed by atoms with Crippen LogP contribution in [0.5, 0.6) is 0 Å². The van der Waals surface area contributed by atoms with Crippen molar-refractivity contribution in [3.63, 3.8) is 0 Å². The van der Waals surface area contributed by atoms with Crippen molar-refractivity contribution in [3.8, 4) is 0 Å². The van der Waals surface area contributed by atoms with E-state index in [1.165, 1.54) is 11.0 Å². The van der Waals surface area contributed by atoms with Crippen LogP contribution in [-0.2, 0) is 0 Å². The number of nitro benzene ring substituents is 1. The summed E-state index contributed by atoms with van der Waals surface area (Å²) in [5.41, 5.74) is -0.541. The summed E-state index contributed by atoms with van der Waals surface area (Å²) in [4.78, 5) is 23.3. The van der Waals surface area contributed by atoms with Crippen LogP contribution < -0.4 is 0 Å². The first-order valence-corrected chi connectivity index (χ1v) is 5.85. The molecule has 0 N–H and O–H groups in total. The van der Waals surface area contributed by atoms with Crippen molar-refractivity contribution in [1.82, 2.24) is 4.90 Å². The Morgan fingerprint density at radius 3 is 2.74 bits per heavy atom. The topological polar surface area (TPSA) is 63.5 Å². The lowest BCUT2D eigenvalue weighted by Gasteiger charge is -2.20. The van der Waals surface area contributed by atoms with Gasteiger partial charge in [-0.25, -0.2) is 0 Å². The van der Waals surface area contributed by atoms with E-state index in [0.29, 0.717) is 13.1 Å². The number of benzene rings is 1. The number of halogens is 1. The number of carbonyl (C=O) groups is 1. The summed E-state index contributed by atoms with van der Waals surface area (Å²) >= 11 is 0. The van der Waals surface area contributed by atoms with Gasteiger partial charge in [-0.1, -0.05) is 13.0 Å². The first-order valence-electron chi connectivity index (χ1n) is 5.85.